The van der Waals surface area contributed by atoms with E-state index in [1.807, 2.05) is 6.07 Å². The highest BCUT2D eigenvalue weighted by atomic mass is 79.9. The van der Waals surface area contributed by atoms with Gasteiger partial charge in [-0.3, -0.25) is 0 Å². The third-order valence-corrected chi connectivity index (χ3v) is 2.40. The molecule has 1 rings (SSSR count). The van der Waals surface area contributed by atoms with Crippen molar-refractivity contribution >= 4 is 31.9 Å². The van der Waals surface area contributed by atoms with Gasteiger partial charge in [0.25, 0.3) is 0 Å². The number of hydrogen-bond acceptors (Lipinski definition) is 1. The fourth-order valence-electron chi connectivity index (χ4n) is 0.705. The summed E-state index contributed by atoms with van der Waals surface area (Å²) >= 11 is 6.65. The largest absolute Gasteiger partial charge is 0.234 e. The number of pyridine rings is 1. The molecule has 0 bridgehead atoms. The molecule has 3 heteroatoms. The Morgan fingerprint density at radius 3 is 2.60 bits per heavy atom. The molecule has 1 heterocycles. The number of nitrogens with zero attached hydrogens (tertiary/aromatic N) is 1. The monoisotopic (exact) mass is 263 g/mol. The highest BCUT2D eigenvalue weighted by Crippen LogP contribution is 2.17. The Labute approximate surface area is 77.1 Å². The van der Waals surface area contributed by atoms with E-state index in [1.165, 1.54) is 5.56 Å². The van der Waals surface area contributed by atoms with Crippen LogP contribution in [0.2, 0.25) is 0 Å². The van der Waals surface area contributed by atoms with Crippen molar-refractivity contribution in [1.82, 2.24) is 4.98 Å². The smallest absolute Gasteiger partial charge is 0.110 e. The van der Waals surface area contributed by atoms with Crippen LogP contribution in [-0.2, 0) is 6.42 Å². The first kappa shape index (κ1) is 8.21. The summed E-state index contributed by atoms with van der Waals surface area (Å²) in [5.74, 6) is 0. The summed E-state index contributed by atoms with van der Waals surface area (Å²) in [5.41, 5.74) is 1.24. The van der Waals surface area contributed by atoms with Gasteiger partial charge >= 0.3 is 0 Å². The van der Waals surface area contributed by atoms with Crippen LogP contribution < -0.4 is 0 Å². The van der Waals surface area contributed by atoms with E-state index in [9.17, 15) is 0 Å². The first-order valence-corrected chi connectivity index (χ1v) is 4.63. The van der Waals surface area contributed by atoms with Crippen LogP contribution >= 0.6 is 31.9 Å². The number of aromatic nitrogens is 1. The lowest BCUT2D eigenvalue weighted by Gasteiger charge is -1.98. The predicted octanol–water partition coefficient (Wildman–Crippen LogP) is 3.17. The van der Waals surface area contributed by atoms with E-state index < -0.39 is 0 Å². The standard InChI is InChI=1S/C7H7Br2N/c1-2-5-3-4-6(8)10-7(5)9/h3-4H,2H2,1H3. The lowest BCUT2D eigenvalue weighted by atomic mass is 10.2. The average molecular weight is 265 g/mol. The summed E-state index contributed by atoms with van der Waals surface area (Å²) in [5, 5.41) is 0. The highest BCUT2D eigenvalue weighted by Gasteiger charge is 1.97. The van der Waals surface area contributed by atoms with Crippen LogP contribution in [0.4, 0.5) is 0 Å². The van der Waals surface area contributed by atoms with Crippen LogP contribution in [-0.4, -0.2) is 4.98 Å². The lowest BCUT2D eigenvalue weighted by molar-refractivity contribution is 1.07. The van der Waals surface area contributed by atoms with Gasteiger partial charge in [-0.1, -0.05) is 13.0 Å². The van der Waals surface area contributed by atoms with Crippen molar-refractivity contribution in [2.75, 3.05) is 0 Å². The molecule has 0 aliphatic heterocycles. The number of halogens is 2. The fourth-order valence-corrected chi connectivity index (χ4v) is 1.86. The summed E-state index contributed by atoms with van der Waals surface area (Å²) in [7, 11) is 0. The van der Waals surface area contributed by atoms with Crippen molar-refractivity contribution in [2.24, 2.45) is 0 Å². The molecule has 0 spiro atoms. The average Bonchev–Trinajstić information content (AvgIpc) is 1.88. The van der Waals surface area contributed by atoms with Crippen molar-refractivity contribution < 1.29 is 0 Å². The SMILES string of the molecule is CCc1ccc(Br)nc1Br. The molecular weight excluding hydrogens is 258 g/mol. The fraction of sp³-hybridized carbons (Fsp3) is 0.286. The zero-order valence-corrected chi connectivity index (χ0v) is 8.74. The Morgan fingerprint density at radius 1 is 1.40 bits per heavy atom. The molecule has 0 amide bonds. The number of aryl methyl sites for hydroxylation is 1. The molecule has 0 N–H and O–H groups in total. The Hall–Kier alpha value is 0.110. The molecule has 0 radical (unpaired) electrons. The van der Waals surface area contributed by atoms with Gasteiger partial charge in [0.05, 0.1) is 0 Å². The second kappa shape index (κ2) is 3.49. The molecule has 0 aliphatic carbocycles. The molecule has 0 atom stereocenters. The van der Waals surface area contributed by atoms with E-state index in [4.69, 9.17) is 0 Å². The van der Waals surface area contributed by atoms with Crippen LogP contribution in [0.15, 0.2) is 21.3 Å². The summed E-state index contributed by atoms with van der Waals surface area (Å²) in [6.07, 6.45) is 1.01. The van der Waals surface area contributed by atoms with E-state index >= 15 is 0 Å². The van der Waals surface area contributed by atoms with E-state index in [1.54, 1.807) is 0 Å². The van der Waals surface area contributed by atoms with Gasteiger partial charge in [-0.25, -0.2) is 4.98 Å². The van der Waals surface area contributed by atoms with Gasteiger partial charge in [-0.05, 0) is 49.9 Å². The minimum Gasteiger partial charge on any atom is -0.234 e. The normalized spacial score (nSPS) is 9.90. The third-order valence-electron chi connectivity index (χ3n) is 1.27. The Bertz CT molecular complexity index is 235. The zero-order valence-electron chi connectivity index (χ0n) is 5.56. The molecule has 0 saturated heterocycles. The summed E-state index contributed by atoms with van der Waals surface area (Å²) in [4.78, 5) is 4.18. The van der Waals surface area contributed by atoms with Crippen molar-refractivity contribution in [3.8, 4) is 0 Å². The number of hydrogen-bond donors (Lipinski definition) is 0. The Kier molecular flexibility index (Phi) is 2.86. The molecule has 0 aromatic carbocycles. The molecule has 10 heavy (non-hydrogen) atoms. The summed E-state index contributed by atoms with van der Waals surface area (Å²) in [6, 6.07) is 4.00. The maximum absolute atomic E-state index is 4.18. The molecule has 1 aromatic heterocycles. The third kappa shape index (κ3) is 1.80. The minimum absolute atomic E-state index is 0.872. The van der Waals surface area contributed by atoms with Crippen LogP contribution in [0.5, 0.6) is 0 Å². The van der Waals surface area contributed by atoms with E-state index in [-0.39, 0.29) is 0 Å². The topological polar surface area (TPSA) is 12.9 Å². The Balaban J connectivity index is 3.07. The van der Waals surface area contributed by atoms with Gasteiger partial charge in [0, 0.05) is 0 Å². The van der Waals surface area contributed by atoms with Gasteiger partial charge < -0.3 is 0 Å². The summed E-state index contributed by atoms with van der Waals surface area (Å²) < 4.78 is 1.81. The zero-order chi connectivity index (χ0) is 7.56. The second-order valence-electron chi connectivity index (χ2n) is 1.94. The maximum atomic E-state index is 4.18. The van der Waals surface area contributed by atoms with E-state index in [0.29, 0.717) is 0 Å². The molecule has 0 unspecified atom stereocenters. The quantitative estimate of drug-likeness (QED) is 0.710. The minimum atomic E-state index is 0.872. The van der Waals surface area contributed by atoms with Crippen LogP contribution in [0.1, 0.15) is 12.5 Å². The molecule has 54 valence electrons. The molecular formula is C7H7Br2N. The summed E-state index contributed by atoms with van der Waals surface area (Å²) in [6.45, 7) is 2.11. The molecule has 1 aromatic rings. The van der Waals surface area contributed by atoms with Crippen LogP contribution in [0.25, 0.3) is 0 Å². The van der Waals surface area contributed by atoms with E-state index in [2.05, 4.69) is 49.8 Å². The lowest BCUT2D eigenvalue weighted by Crippen LogP contribution is -1.85. The first-order valence-electron chi connectivity index (χ1n) is 3.05. The van der Waals surface area contributed by atoms with Crippen molar-refractivity contribution in [1.29, 1.82) is 0 Å². The first-order chi connectivity index (χ1) is 4.74. The molecule has 1 nitrogen and oxygen atoms in total. The van der Waals surface area contributed by atoms with Crippen LogP contribution in [0.3, 0.4) is 0 Å². The molecule has 0 saturated carbocycles. The van der Waals surface area contributed by atoms with Crippen molar-refractivity contribution in [3.05, 3.63) is 26.9 Å². The van der Waals surface area contributed by atoms with Crippen molar-refractivity contribution in [3.63, 3.8) is 0 Å². The predicted molar refractivity (Wildman–Crippen MR) is 49.0 cm³/mol. The van der Waals surface area contributed by atoms with Gasteiger partial charge in [-0.2, -0.15) is 0 Å². The highest BCUT2D eigenvalue weighted by molar-refractivity contribution is 9.11. The second-order valence-corrected chi connectivity index (χ2v) is 3.50. The van der Waals surface area contributed by atoms with E-state index in [0.717, 1.165) is 15.6 Å². The van der Waals surface area contributed by atoms with Gasteiger partial charge in [0.15, 0.2) is 0 Å². The van der Waals surface area contributed by atoms with Gasteiger partial charge in [0.2, 0.25) is 0 Å². The van der Waals surface area contributed by atoms with Gasteiger partial charge in [0.1, 0.15) is 9.21 Å². The number of rotatable bonds is 1. The molecule has 0 fully saturated rings. The van der Waals surface area contributed by atoms with Crippen LogP contribution in [0, 0.1) is 0 Å². The molecule has 0 aliphatic rings. The van der Waals surface area contributed by atoms with Gasteiger partial charge in [-0.15, -0.1) is 0 Å². The van der Waals surface area contributed by atoms with Crippen molar-refractivity contribution in [2.45, 2.75) is 13.3 Å². The maximum Gasteiger partial charge on any atom is 0.110 e. The Morgan fingerprint density at radius 2 is 2.10 bits per heavy atom.